The lowest BCUT2D eigenvalue weighted by molar-refractivity contribution is 0.566. The van der Waals surface area contributed by atoms with Crippen LogP contribution < -0.4 is 10.5 Å². The number of thiocarbonyl (C=S) groups is 1. The molecule has 0 saturated heterocycles. The summed E-state index contributed by atoms with van der Waals surface area (Å²) in [5.74, 6) is 0. The molecule has 1 aromatic carbocycles. The molecule has 1 rings (SSSR count). The van der Waals surface area contributed by atoms with Gasteiger partial charge in [0, 0.05) is 0 Å². The van der Waals surface area contributed by atoms with Gasteiger partial charge >= 0.3 is 0 Å². The summed E-state index contributed by atoms with van der Waals surface area (Å²) in [5.41, 5.74) is 7.18. The van der Waals surface area contributed by atoms with E-state index in [-0.39, 0.29) is 9.88 Å². The topological polar surface area (TPSA) is 72.2 Å². The zero-order chi connectivity index (χ0) is 14.6. The van der Waals surface area contributed by atoms with Gasteiger partial charge in [-0.05, 0) is 37.5 Å². The first kappa shape index (κ1) is 16.1. The Bertz CT molecular complexity index is 568. The molecule has 0 bridgehead atoms. The standard InChI is InChI=1S/C13H20N2O2S2/c1-4-5-11(13(14)18)15-19(16,17)12-8-9(2)6-7-10(12)3/h6-8,11,15H,4-5H2,1-3H3,(H2,14,18). The van der Waals surface area contributed by atoms with Crippen molar-refractivity contribution in [3.63, 3.8) is 0 Å². The molecule has 0 heterocycles. The predicted molar refractivity (Wildman–Crippen MR) is 81.7 cm³/mol. The molecule has 0 radical (unpaired) electrons. The van der Waals surface area contributed by atoms with E-state index in [0.29, 0.717) is 12.0 Å². The molecule has 4 nitrogen and oxygen atoms in total. The Hall–Kier alpha value is -0.980. The van der Waals surface area contributed by atoms with Crippen molar-refractivity contribution in [2.45, 2.75) is 44.6 Å². The fourth-order valence-corrected chi connectivity index (χ4v) is 3.63. The number of nitrogens with one attached hydrogen (secondary N) is 1. The molecule has 19 heavy (non-hydrogen) atoms. The molecule has 6 heteroatoms. The molecule has 0 aliphatic rings. The van der Waals surface area contributed by atoms with Gasteiger partial charge in [0.05, 0.1) is 15.9 Å². The zero-order valence-electron chi connectivity index (χ0n) is 11.4. The van der Waals surface area contributed by atoms with E-state index in [1.165, 1.54) is 0 Å². The molecule has 0 fully saturated rings. The Morgan fingerprint density at radius 1 is 1.42 bits per heavy atom. The minimum absolute atomic E-state index is 0.177. The third-order valence-electron chi connectivity index (χ3n) is 2.85. The van der Waals surface area contributed by atoms with Crippen LogP contribution in [0.15, 0.2) is 23.1 Å². The van der Waals surface area contributed by atoms with Crippen LogP contribution in [0.5, 0.6) is 0 Å². The van der Waals surface area contributed by atoms with Gasteiger partial charge < -0.3 is 5.73 Å². The van der Waals surface area contributed by atoms with Gasteiger partial charge in [-0.15, -0.1) is 0 Å². The average Bonchev–Trinajstić information content (AvgIpc) is 2.31. The Kier molecular flexibility index (Phi) is 5.46. The third-order valence-corrected chi connectivity index (χ3v) is 4.75. The van der Waals surface area contributed by atoms with E-state index in [9.17, 15) is 8.42 Å². The van der Waals surface area contributed by atoms with Crippen LogP contribution in [0.3, 0.4) is 0 Å². The number of hydrogen-bond donors (Lipinski definition) is 2. The summed E-state index contributed by atoms with van der Waals surface area (Å²) in [6, 6.07) is 4.83. The van der Waals surface area contributed by atoms with Crippen molar-refractivity contribution in [1.29, 1.82) is 0 Å². The summed E-state index contributed by atoms with van der Waals surface area (Å²) < 4.78 is 27.3. The van der Waals surface area contributed by atoms with E-state index in [0.717, 1.165) is 12.0 Å². The third kappa shape index (κ3) is 4.26. The summed E-state index contributed by atoms with van der Waals surface area (Å²) in [6.07, 6.45) is 1.40. The Morgan fingerprint density at radius 3 is 2.58 bits per heavy atom. The van der Waals surface area contributed by atoms with Crippen molar-refractivity contribution in [2.24, 2.45) is 5.73 Å². The average molecular weight is 300 g/mol. The SMILES string of the molecule is CCCC(NS(=O)(=O)c1cc(C)ccc1C)C(N)=S. The number of hydrogen-bond acceptors (Lipinski definition) is 3. The van der Waals surface area contributed by atoms with Gasteiger partial charge in [-0.25, -0.2) is 13.1 Å². The lowest BCUT2D eigenvalue weighted by Crippen LogP contribution is -2.43. The highest BCUT2D eigenvalue weighted by molar-refractivity contribution is 7.89. The van der Waals surface area contributed by atoms with Gasteiger partial charge in [-0.3, -0.25) is 0 Å². The van der Waals surface area contributed by atoms with Crippen molar-refractivity contribution >= 4 is 27.2 Å². The van der Waals surface area contributed by atoms with Crippen LogP contribution in [0.4, 0.5) is 0 Å². The highest BCUT2D eigenvalue weighted by Gasteiger charge is 2.22. The summed E-state index contributed by atoms with van der Waals surface area (Å²) in [4.78, 5) is 0.459. The lowest BCUT2D eigenvalue weighted by atomic mass is 10.2. The molecule has 0 spiro atoms. The summed E-state index contributed by atoms with van der Waals surface area (Å²) in [7, 11) is -3.60. The molecule has 0 aliphatic carbocycles. The molecular weight excluding hydrogens is 280 g/mol. The molecule has 1 unspecified atom stereocenters. The van der Waals surface area contributed by atoms with Gasteiger partial charge in [0.2, 0.25) is 10.0 Å². The van der Waals surface area contributed by atoms with Gasteiger partial charge in [-0.2, -0.15) is 0 Å². The molecule has 0 aromatic heterocycles. The lowest BCUT2D eigenvalue weighted by Gasteiger charge is -2.18. The van der Waals surface area contributed by atoms with E-state index < -0.39 is 16.1 Å². The number of aryl methyl sites for hydroxylation is 2. The van der Waals surface area contributed by atoms with Crippen molar-refractivity contribution in [2.75, 3.05) is 0 Å². The second-order valence-corrected chi connectivity index (χ2v) is 6.79. The summed E-state index contributed by atoms with van der Waals surface area (Å²) >= 11 is 4.91. The first-order valence-electron chi connectivity index (χ1n) is 6.17. The minimum atomic E-state index is -3.60. The van der Waals surface area contributed by atoms with Gasteiger partial charge in [0.25, 0.3) is 0 Å². The molecule has 1 atom stereocenters. The van der Waals surface area contributed by atoms with Crippen molar-refractivity contribution < 1.29 is 8.42 Å². The number of sulfonamides is 1. The maximum atomic E-state index is 12.4. The van der Waals surface area contributed by atoms with Crippen LogP contribution in [0.2, 0.25) is 0 Å². The zero-order valence-corrected chi connectivity index (χ0v) is 13.1. The monoisotopic (exact) mass is 300 g/mol. The van der Waals surface area contributed by atoms with Crippen LogP contribution in [-0.4, -0.2) is 19.4 Å². The number of benzene rings is 1. The fourth-order valence-electron chi connectivity index (χ4n) is 1.80. The highest BCUT2D eigenvalue weighted by atomic mass is 32.2. The van der Waals surface area contributed by atoms with Crippen LogP contribution >= 0.6 is 12.2 Å². The highest BCUT2D eigenvalue weighted by Crippen LogP contribution is 2.17. The Labute approximate surface area is 120 Å². The van der Waals surface area contributed by atoms with Gasteiger partial charge in [0.15, 0.2) is 0 Å². The summed E-state index contributed by atoms with van der Waals surface area (Å²) in [5, 5.41) is 0. The fraction of sp³-hybridized carbons (Fsp3) is 0.462. The largest absolute Gasteiger partial charge is 0.392 e. The van der Waals surface area contributed by atoms with Gasteiger partial charge in [0.1, 0.15) is 0 Å². The Balaban J connectivity index is 3.10. The van der Waals surface area contributed by atoms with E-state index in [4.69, 9.17) is 18.0 Å². The van der Waals surface area contributed by atoms with Crippen molar-refractivity contribution in [3.05, 3.63) is 29.3 Å². The van der Waals surface area contributed by atoms with Crippen LogP contribution in [0, 0.1) is 13.8 Å². The maximum absolute atomic E-state index is 12.4. The molecule has 3 N–H and O–H groups in total. The Morgan fingerprint density at radius 2 is 2.05 bits per heavy atom. The normalized spacial score (nSPS) is 13.2. The number of nitrogens with two attached hydrogens (primary N) is 1. The molecule has 0 saturated carbocycles. The van der Waals surface area contributed by atoms with Crippen molar-refractivity contribution in [1.82, 2.24) is 4.72 Å². The van der Waals surface area contributed by atoms with Crippen LogP contribution in [0.1, 0.15) is 30.9 Å². The van der Waals surface area contributed by atoms with Crippen LogP contribution in [0.25, 0.3) is 0 Å². The molecule has 1 aromatic rings. The smallest absolute Gasteiger partial charge is 0.241 e. The number of rotatable bonds is 6. The quantitative estimate of drug-likeness (QED) is 0.789. The molecule has 106 valence electrons. The van der Waals surface area contributed by atoms with E-state index in [1.54, 1.807) is 19.1 Å². The molecular formula is C13H20N2O2S2. The van der Waals surface area contributed by atoms with E-state index in [1.807, 2.05) is 19.9 Å². The van der Waals surface area contributed by atoms with Crippen molar-refractivity contribution in [3.8, 4) is 0 Å². The maximum Gasteiger partial charge on any atom is 0.241 e. The minimum Gasteiger partial charge on any atom is -0.392 e. The second kappa shape index (κ2) is 6.45. The first-order valence-corrected chi connectivity index (χ1v) is 8.06. The first-order chi connectivity index (χ1) is 8.77. The van der Waals surface area contributed by atoms with Gasteiger partial charge in [-0.1, -0.05) is 37.7 Å². The predicted octanol–water partition coefficient (Wildman–Crippen LogP) is 2.04. The molecule has 0 amide bonds. The second-order valence-electron chi connectivity index (χ2n) is 4.63. The summed E-state index contributed by atoms with van der Waals surface area (Å²) in [6.45, 7) is 5.58. The van der Waals surface area contributed by atoms with E-state index in [2.05, 4.69) is 4.72 Å². The van der Waals surface area contributed by atoms with E-state index >= 15 is 0 Å². The molecule has 0 aliphatic heterocycles. The van der Waals surface area contributed by atoms with Crippen LogP contribution in [-0.2, 0) is 10.0 Å².